The summed E-state index contributed by atoms with van der Waals surface area (Å²) in [4.78, 5) is 11.2. The number of nitrogens with zero attached hydrogens (tertiary/aromatic N) is 2. The van der Waals surface area contributed by atoms with Gasteiger partial charge in [0, 0.05) is 5.02 Å². The number of hydrogen-bond acceptors (Lipinski definition) is 3. The average molecular weight is 211 g/mol. The lowest BCUT2D eigenvalue weighted by Gasteiger charge is -2.19. The van der Waals surface area contributed by atoms with Crippen molar-refractivity contribution < 1.29 is 9.53 Å². The molecule has 14 heavy (non-hydrogen) atoms. The van der Waals surface area contributed by atoms with Gasteiger partial charge in [0.2, 0.25) is 0 Å². The van der Waals surface area contributed by atoms with E-state index in [-0.39, 0.29) is 6.61 Å². The number of hydrazone groups is 1. The first-order valence-corrected chi connectivity index (χ1v) is 4.40. The lowest BCUT2D eigenvalue weighted by molar-refractivity contribution is 0.167. The van der Waals surface area contributed by atoms with Crippen molar-refractivity contribution in [3.05, 3.63) is 29.3 Å². The number of cyclic esters (lactones) is 1. The van der Waals surface area contributed by atoms with E-state index in [4.69, 9.17) is 16.3 Å². The minimum absolute atomic E-state index is 0.225. The molecule has 1 aliphatic heterocycles. The summed E-state index contributed by atoms with van der Waals surface area (Å²) >= 11 is 5.71. The molecule has 0 aromatic heterocycles. The summed E-state index contributed by atoms with van der Waals surface area (Å²) in [5.41, 5.74) is 0.635. The fourth-order valence-corrected chi connectivity index (χ4v) is 1.21. The van der Waals surface area contributed by atoms with Crippen molar-refractivity contribution in [3.63, 3.8) is 0 Å². The summed E-state index contributed by atoms with van der Waals surface area (Å²) in [6.07, 6.45) is 1.05. The second-order valence-corrected chi connectivity index (χ2v) is 3.10. The summed E-state index contributed by atoms with van der Waals surface area (Å²) in [5, 5.41) is 5.70. The van der Waals surface area contributed by atoms with Crippen LogP contribution in [0.3, 0.4) is 0 Å². The summed E-state index contributed by atoms with van der Waals surface area (Å²) in [7, 11) is 0. The van der Waals surface area contributed by atoms with E-state index in [1.807, 2.05) is 0 Å². The highest BCUT2D eigenvalue weighted by atomic mass is 35.5. The molecule has 4 nitrogen and oxygen atoms in total. The first kappa shape index (κ1) is 9.02. The second-order valence-electron chi connectivity index (χ2n) is 2.66. The molecule has 0 saturated carbocycles. The van der Waals surface area contributed by atoms with E-state index in [1.165, 1.54) is 11.2 Å². The SMILES string of the molecule is O=C1OCC=NN1c1ccc(Cl)cc1. The summed E-state index contributed by atoms with van der Waals surface area (Å²) < 4.78 is 4.78. The largest absolute Gasteiger partial charge is 0.442 e. The van der Waals surface area contributed by atoms with Crippen LogP contribution in [-0.2, 0) is 4.74 Å². The Balaban J connectivity index is 2.29. The third kappa shape index (κ3) is 1.70. The number of benzene rings is 1. The number of rotatable bonds is 1. The summed E-state index contributed by atoms with van der Waals surface area (Å²) in [6, 6.07) is 6.78. The highest BCUT2D eigenvalue weighted by molar-refractivity contribution is 6.30. The van der Waals surface area contributed by atoms with Gasteiger partial charge in [-0.3, -0.25) is 0 Å². The fraction of sp³-hybridized carbons (Fsp3) is 0.111. The Labute approximate surface area is 85.7 Å². The van der Waals surface area contributed by atoms with Crippen LogP contribution in [0.2, 0.25) is 5.02 Å². The maximum absolute atomic E-state index is 11.2. The van der Waals surface area contributed by atoms with Gasteiger partial charge in [-0.1, -0.05) is 11.6 Å². The molecule has 0 fully saturated rings. The lowest BCUT2D eigenvalue weighted by Crippen LogP contribution is -2.30. The highest BCUT2D eigenvalue weighted by Crippen LogP contribution is 2.19. The molecule has 0 saturated heterocycles. The Hall–Kier alpha value is -1.55. The number of amides is 1. The predicted molar refractivity (Wildman–Crippen MR) is 53.8 cm³/mol. The van der Waals surface area contributed by atoms with Gasteiger partial charge in [0.05, 0.1) is 11.9 Å². The summed E-state index contributed by atoms with van der Waals surface area (Å²) in [5.74, 6) is 0. The van der Waals surface area contributed by atoms with E-state index < -0.39 is 6.09 Å². The van der Waals surface area contributed by atoms with Crippen molar-refractivity contribution in [1.82, 2.24) is 0 Å². The molecule has 1 aliphatic rings. The number of carbonyl (C=O) groups excluding carboxylic acids is 1. The van der Waals surface area contributed by atoms with Gasteiger partial charge in [-0.2, -0.15) is 10.1 Å². The number of ether oxygens (including phenoxy) is 1. The fourth-order valence-electron chi connectivity index (χ4n) is 1.09. The monoisotopic (exact) mass is 210 g/mol. The van der Waals surface area contributed by atoms with Crippen LogP contribution in [0, 0.1) is 0 Å². The zero-order valence-corrected chi connectivity index (χ0v) is 7.94. The van der Waals surface area contributed by atoms with Crippen LogP contribution in [-0.4, -0.2) is 18.9 Å². The highest BCUT2D eigenvalue weighted by Gasteiger charge is 2.18. The molecule has 0 radical (unpaired) electrons. The van der Waals surface area contributed by atoms with Crippen LogP contribution in [0.15, 0.2) is 29.4 Å². The van der Waals surface area contributed by atoms with E-state index in [0.29, 0.717) is 10.7 Å². The quantitative estimate of drug-likeness (QED) is 0.714. The van der Waals surface area contributed by atoms with Gasteiger partial charge in [-0.05, 0) is 24.3 Å². The smallest absolute Gasteiger partial charge is 0.435 e. The molecule has 5 heteroatoms. The zero-order valence-electron chi connectivity index (χ0n) is 7.18. The number of carbonyl (C=O) groups is 1. The first-order valence-electron chi connectivity index (χ1n) is 4.02. The van der Waals surface area contributed by atoms with E-state index >= 15 is 0 Å². The van der Waals surface area contributed by atoms with Gasteiger partial charge in [0.15, 0.2) is 0 Å². The number of anilines is 1. The molecule has 0 bridgehead atoms. The summed E-state index contributed by atoms with van der Waals surface area (Å²) in [6.45, 7) is 0.225. The van der Waals surface area contributed by atoms with Gasteiger partial charge in [0.25, 0.3) is 0 Å². The molecule has 72 valence electrons. The lowest BCUT2D eigenvalue weighted by atomic mass is 10.3. The van der Waals surface area contributed by atoms with Crippen molar-refractivity contribution >= 4 is 29.6 Å². The molecule has 0 atom stereocenters. The maximum Gasteiger partial charge on any atom is 0.435 e. The van der Waals surface area contributed by atoms with Crippen LogP contribution in [0.25, 0.3) is 0 Å². The average Bonchev–Trinajstić information content (AvgIpc) is 2.20. The Bertz CT molecular complexity index is 375. The molecule has 0 aliphatic carbocycles. The van der Waals surface area contributed by atoms with Crippen LogP contribution in [0.1, 0.15) is 0 Å². The van der Waals surface area contributed by atoms with Crippen molar-refractivity contribution in [2.75, 3.05) is 11.6 Å². The van der Waals surface area contributed by atoms with Crippen molar-refractivity contribution in [2.24, 2.45) is 5.10 Å². The van der Waals surface area contributed by atoms with Crippen molar-refractivity contribution in [3.8, 4) is 0 Å². The third-order valence-corrected chi connectivity index (χ3v) is 1.97. The normalized spacial score (nSPS) is 15.5. The zero-order chi connectivity index (χ0) is 9.97. The van der Waals surface area contributed by atoms with Crippen LogP contribution in [0.4, 0.5) is 10.5 Å². The molecule has 0 N–H and O–H groups in total. The Morgan fingerprint density at radius 3 is 2.71 bits per heavy atom. The van der Waals surface area contributed by atoms with Gasteiger partial charge >= 0.3 is 6.09 Å². The molecule has 1 heterocycles. The van der Waals surface area contributed by atoms with Crippen molar-refractivity contribution in [1.29, 1.82) is 0 Å². The van der Waals surface area contributed by atoms with Gasteiger partial charge in [0.1, 0.15) is 6.61 Å². The van der Waals surface area contributed by atoms with E-state index in [1.54, 1.807) is 24.3 Å². The van der Waals surface area contributed by atoms with E-state index in [9.17, 15) is 4.79 Å². The van der Waals surface area contributed by atoms with E-state index in [0.717, 1.165) is 0 Å². The van der Waals surface area contributed by atoms with Gasteiger partial charge < -0.3 is 4.74 Å². The predicted octanol–water partition coefficient (Wildman–Crippen LogP) is 2.28. The number of halogens is 1. The molecular weight excluding hydrogens is 204 g/mol. The Morgan fingerprint density at radius 1 is 1.36 bits per heavy atom. The molecule has 2 rings (SSSR count). The molecule has 1 aromatic rings. The second kappa shape index (κ2) is 3.67. The molecule has 0 spiro atoms. The molecule has 0 unspecified atom stereocenters. The van der Waals surface area contributed by atoms with Crippen LogP contribution in [0.5, 0.6) is 0 Å². The van der Waals surface area contributed by atoms with Gasteiger partial charge in [-0.15, -0.1) is 0 Å². The topological polar surface area (TPSA) is 41.9 Å². The van der Waals surface area contributed by atoms with E-state index in [2.05, 4.69) is 5.10 Å². The molecule has 1 amide bonds. The third-order valence-electron chi connectivity index (χ3n) is 1.72. The molecular formula is C9H7ClN2O2. The number of hydrogen-bond donors (Lipinski definition) is 0. The standard InChI is InChI=1S/C9H7ClN2O2/c10-7-1-3-8(4-2-7)12-9(13)14-6-5-11-12/h1-5H,6H2. The van der Waals surface area contributed by atoms with Crippen LogP contribution < -0.4 is 5.01 Å². The minimum Gasteiger partial charge on any atom is -0.442 e. The van der Waals surface area contributed by atoms with Gasteiger partial charge in [-0.25, -0.2) is 4.79 Å². The maximum atomic E-state index is 11.2. The molecule has 1 aromatic carbocycles. The minimum atomic E-state index is -0.477. The Morgan fingerprint density at radius 2 is 2.07 bits per heavy atom. The van der Waals surface area contributed by atoms with Crippen molar-refractivity contribution in [2.45, 2.75) is 0 Å². The van der Waals surface area contributed by atoms with Crippen LogP contribution >= 0.6 is 11.6 Å². The Kier molecular flexibility index (Phi) is 2.37. The first-order chi connectivity index (χ1) is 6.77.